The molecule has 1 aromatic carbocycles. The first kappa shape index (κ1) is 14.6. The molecule has 0 unspecified atom stereocenters. The summed E-state index contributed by atoms with van der Waals surface area (Å²) in [5.74, 6) is 0.130. The number of hydrogen-bond acceptors (Lipinski definition) is 3. The van der Waals surface area contributed by atoms with Crippen LogP contribution in [-0.4, -0.2) is 35.3 Å². The third kappa shape index (κ3) is 3.41. The number of hydrogen-bond donors (Lipinski definition) is 2. The Bertz CT molecular complexity index is 430. The van der Waals surface area contributed by atoms with Crippen LogP contribution < -0.4 is 0 Å². The van der Waals surface area contributed by atoms with Gasteiger partial charge in [0.15, 0.2) is 0 Å². The molecule has 1 aliphatic rings. The quantitative estimate of drug-likeness (QED) is 0.873. The monoisotopic (exact) mass is 283 g/mol. The normalized spacial score (nSPS) is 18.1. The second-order valence-corrected chi connectivity index (χ2v) is 6.17. The summed E-state index contributed by atoms with van der Waals surface area (Å²) in [7, 11) is 2.04. The Labute approximate surface area is 119 Å². The smallest absolute Gasteiger partial charge is 0.134 e. The molecule has 0 saturated heterocycles. The van der Waals surface area contributed by atoms with E-state index in [4.69, 9.17) is 11.6 Å². The maximum Gasteiger partial charge on any atom is 0.134 e. The van der Waals surface area contributed by atoms with E-state index in [-0.39, 0.29) is 17.8 Å². The minimum atomic E-state index is 0.0536. The molecule has 19 heavy (non-hydrogen) atoms. The highest BCUT2D eigenvalue weighted by molar-refractivity contribution is 6.32. The summed E-state index contributed by atoms with van der Waals surface area (Å²) in [6, 6.07) is 5.33. The molecule has 1 saturated carbocycles. The maximum atomic E-state index is 9.64. The Kier molecular flexibility index (Phi) is 4.71. The second kappa shape index (κ2) is 6.12. The molecule has 0 atom stereocenters. The Hall–Kier alpha value is -0.770. The average Bonchev–Trinajstić information content (AvgIpc) is 2.84. The van der Waals surface area contributed by atoms with E-state index < -0.39 is 0 Å². The molecule has 3 nitrogen and oxygen atoms in total. The van der Waals surface area contributed by atoms with Crippen LogP contribution in [0.3, 0.4) is 0 Å². The molecule has 2 N–H and O–H groups in total. The van der Waals surface area contributed by atoms with Crippen LogP contribution in [0.25, 0.3) is 0 Å². The van der Waals surface area contributed by atoms with Crippen LogP contribution in [0.2, 0.25) is 5.02 Å². The van der Waals surface area contributed by atoms with Crippen LogP contribution in [0.15, 0.2) is 18.2 Å². The molecule has 0 radical (unpaired) electrons. The van der Waals surface area contributed by atoms with Crippen molar-refractivity contribution in [1.82, 2.24) is 4.90 Å². The Morgan fingerprint density at radius 1 is 1.32 bits per heavy atom. The zero-order valence-corrected chi connectivity index (χ0v) is 12.2. The first-order chi connectivity index (χ1) is 9.06. The van der Waals surface area contributed by atoms with Crippen molar-refractivity contribution in [2.45, 2.75) is 32.2 Å². The number of aliphatic hydroxyl groups excluding tert-OH is 1. The summed E-state index contributed by atoms with van der Waals surface area (Å²) in [5, 5.41) is 19.7. The Balaban J connectivity index is 2.01. The van der Waals surface area contributed by atoms with Gasteiger partial charge in [0.05, 0.1) is 5.02 Å². The van der Waals surface area contributed by atoms with E-state index in [1.165, 1.54) is 12.8 Å². The molecular formula is C15H22ClNO2. The first-order valence-corrected chi connectivity index (χ1v) is 7.20. The number of phenolic OH excluding ortho intramolecular Hbond substituents is 1. The number of benzene rings is 1. The number of halogens is 1. The van der Waals surface area contributed by atoms with E-state index in [1.807, 2.05) is 19.2 Å². The molecule has 0 heterocycles. The molecule has 2 rings (SSSR count). The fraction of sp³-hybridized carbons (Fsp3) is 0.600. The van der Waals surface area contributed by atoms with Gasteiger partial charge in [0, 0.05) is 25.1 Å². The number of nitrogens with zero attached hydrogens (tertiary/aromatic N) is 1. The third-order valence-corrected chi connectivity index (χ3v) is 4.54. The number of aromatic hydroxyl groups is 1. The van der Waals surface area contributed by atoms with Gasteiger partial charge >= 0.3 is 0 Å². The lowest BCUT2D eigenvalue weighted by Gasteiger charge is -2.32. The van der Waals surface area contributed by atoms with Crippen LogP contribution in [0.4, 0.5) is 0 Å². The summed E-state index contributed by atoms with van der Waals surface area (Å²) < 4.78 is 0. The fourth-order valence-electron chi connectivity index (χ4n) is 3.10. The summed E-state index contributed by atoms with van der Waals surface area (Å²) >= 11 is 6.10. The van der Waals surface area contributed by atoms with Crippen molar-refractivity contribution < 1.29 is 10.2 Å². The first-order valence-electron chi connectivity index (χ1n) is 6.82. The Morgan fingerprint density at radius 3 is 2.63 bits per heavy atom. The zero-order chi connectivity index (χ0) is 13.9. The van der Waals surface area contributed by atoms with Crippen LogP contribution in [-0.2, 0) is 6.54 Å². The molecule has 0 aliphatic heterocycles. The molecule has 0 aromatic heterocycles. The van der Waals surface area contributed by atoms with E-state index in [0.717, 1.165) is 24.9 Å². The van der Waals surface area contributed by atoms with Crippen LogP contribution in [0, 0.1) is 5.41 Å². The maximum absolute atomic E-state index is 9.64. The topological polar surface area (TPSA) is 43.7 Å². The van der Waals surface area contributed by atoms with E-state index >= 15 is 0 Å². The second-order valence-electron chi connectivity index (χ2n) is 5.79. The van der Waals surface area contributed by atoms with Crippen molar-refractivity contribution in [2.75, 3.05) is 20.2 Å². The fourth-order valence-corrected chi connectivity index (χ4v) is 3.28. The summed E-state index contributed by atoms with van der Waals surface area (Å²) in [6.45, 7) is 1.82. The molecule has 106 valence electrons. The molecule has 1 fully saturated rings. The molecule has 1 aromatic rings. The average molecular weight is 284 g/mol. The van der Waals surface area contributed by atoms with Crippen LogP contribution in [0.1, 0.15) is 31.2 Å². The van der Waals surface area contributed by atoms with Crippen molar-refractivity contribution >= 4 is 11.6 Å². The van der Waals surface area contributed by atoms with E-state index in [2.05, 4.69) is 4.90 Å². The van der Waals surface area contributed by atoms with E-state index in [9.17, 15) is 10.2 Å². The highest BCUT2D eigenvalue weighted by Gasteiger charge is 2.34. The van der Waals surface area contributed by atoms with Gasteiger partial charge < -0.3 is 15.1 Å². The van der Waals surface area contributed by atoms with Gasteiger partial charge in [-0.1, -0.05) is 36.6 Å². The lowest BCUT2D eigenvalue weighted by molar-refractivity contribution is 0.0864. The molecule has 1 aliphatic carbocycles. The van der Waals surface area contributed by atoms with E-state index in [0.29, 0.717) is 11.6 Å². The Morgan fingerprint density at radius 2 is 2.00 bits per heavy atom. The summed E-state index contributed by atoms with van der Waals surface area (Å²) in [6.07, 6.45) is 4.62. The third-order valence-electron chi connectivity index (χ3n) is 4.10. The highest BCUT2D eigenvalue weighted by Crippen LogP contribution is 2.38. The van der Waals surface area contributed by atoms with Crippen molar-refractivity contribution in [3.05, 3.63) is 28.8 Å². The van der Waals surface area contributed by atoms with Gasteiger partial charge in [-0.05, 0) is 31.5 Å². The number of aliphatic hydroxyl groups is 1. The lowest BCUT2D eigenvalue weighted by atomic mass is 9.86. The molecule has 4 heteroatoms. The van der Waals surface area contributed by atoms with Crippen molar-refractivity contribution in [2.24, 2.45) is 5.41 Å². The summed E-state index contributed by atoms with van der Waals surface area (Å²) in [5.41, 5.74) is 0.980. The van der Waals surface area contributed by atoms with Gasteiger partial charge in [-0.2, -0.15) is 0 Å². The van der Waals surface area contributed by atoms with Crippen molar-refractivity contribution in [3.8, 4) is 5.75 Å². The standard InChI is InChI=1S/C15H22ClNO2/c1-17(10-15(11-18)7-2-3-8-15)9-12-5-4-6-13(19)14(12)16/h4-6,18-19H,2-3,7-11H2,1H3. The number of rotatable bonds is 5. The SMILES string of the molecule is CN(Cc1cccc(O)c1Cl)CC1(CO)CCCC1. The van der Waals surface area contributed by atoms with Gasteiger partial charge in [-0.25, -0.2) is 0 Å². The minimum Gasteiger partial charge on any atom is -0.506 e. The molecule has 0 spiro atoms. The van der Waals surface area contributed by atoms with Gasteiger partial charge in [0.2, 0.25) is 0 Å². The van der Waals surface area contributed by atoms with Gasteiger partial charge in [0.1, 0.15) is 5.75 Å². The van der Waals surface area contributed by atoms with Gasteiger partial charge in [0.25, 0.3) is 0 Å². The van der Waals surface area contributed by atoms with Gasteiger partial charge in [-0.15, -0.1) is 0 Å². The van der Waals surface area contributed by atoms with Crippen LogP contribution in [0.5, 0.6) is 5.75 Å². The van der Waals surface area contributed by atoms with E-state index in [1.54, 1.807) is 6.07 Å². The molecule has 0 amide bonds. The predicted octanol–water partition coefficient (Wildman–Crippen LogP) is 3.03. The molecule has 0 bridgehead atoms. The minimum absolute atomic E-state index is 0.0536. The highest BCUT2D eigenvalue weighted by atomic mass is 35.5. The predicted molar refractivity (Wildman–Crippen MR) is 77.4 cm³/mol. The van der Waals surface area contributed by atoms with Crippen molar-refractivity contribution in [3.63, 3.8) is 0 Å². The van der Waals surface area contributed by atoms with Crippen molar-refractivity contribution in [1.29, 1.82) is 0 Å². The number of phenols is 1. The lowest BCUT2D eigenvalue weighted by Crippen LogP contribution is -2.36. The zero-order valence-electron chi connectivity index (χ0n) is 11.4. The van der Waals surface area contributed by atoms with Crippen LogP contribution >= 0.6 is 11.6 Å². The summed E-state index contributed by atoms with van der Waals surface area (Å²) in [4.78, 5) is 2.18. The van der Waals surface area contributed by atoms with Gasteiger partial charge in [-0.3, -0.25) is 0 Å². The molecular weight excluding hydrogens is 262 g/mol. The largest absolute Gasteiger partial charge is 0.506 e.